The second-order valence-corrected chi connectivity index (χ2v) is 5.14. The van der Waals surface area contributed by atoms with Crippen LogP contribution in [0.3, 0.4) is 0 Å². The van der Waals surface area contributed by atoms with Gasteiger partial charge in [-0.25, -0.2) is 4.39 Å². The number of rotatable bonds is 3. The Morgan fingerprint density at radius 2 is 1.86 bits per heavy atom. The highest BCUT2D eigenvalue weighted by Crippen LogP contribution is 2.30. The third-order valence-corrected chi connectivity index (χ3v) is 3.54. The van der Waals surface area contributed by atoms with Crippen LogP contribution in [-0.2, 0) is 0 Å². The molecule has 2 aromatic carbocycles. The summed E-state index contributed by atoms with van der Waals surface area (Å²) >= 11 is 6.31. The molecular weight excluding hydrogens is 291 g/mol. The van der Waals surface area contributed by atoms with Crippen LogP contribution in [0.4, 0.5) is 4.39 Å². The van der Waals surface area contributed by atoms with Gasteiger partial charge in [0.05, 0.1) is 5.56 Å². The summed E-state index contributed by atoms with van der Waals surface area (Å²) in [6, 6.07) is 14.2. The van der Waals surface area contributed by atoms with Gasteiger partial charge in [0.15, 0.2) is 0 Å². The monoisotopic (exact) mass is 302 g/mol. The molecule has 21 heavy (non-hydrogen) atoms. The van der Waals surface area contributed by atoms with Crippen LogP contribution in [0.1, 0.15) is 22.4 Å². The lowest BCUT2D eigenvalue weighted by molar-refractivity contribution is 0.508. The number of aromatic nitrogens is 2. The quantitative estimate of drug-likeness (QED) is 0.668. The van der Waals surface area contributed by atoms with Gasteiger partial charge in [-0.1, -0.05) is 36.4 Å². The zero-order chi connectivity index (χ0) is 14.8. The summed E-state index contributed by atoms with van der Waals surface area (Å²) in [7, 11) is 0. The fourth-order valence-corrected chi connectivity index (χ4v) is 2.24. The van der Waals surface area contributed by atoms with Crippen LogP contribution in [0.15, 0.2) is 52.9 Å². The van der Waals surface area contributed by atoms with Crippen molar-refractivity contribution in [1.29, 1.82) is 0 Å². The molecular formula is C16H12ClFN2O. The maximum Gasteiger partial charge on any atom is 0.250 e. The summed E-state index contributed by atoms with van der Waals surface area (Å²) in [5.41, 5.74) is 1.95. The first-order valence-corrected chi connectivity index (χ1v) is 6.88. The van der Waals surface area contributed by atoms with Crippen molar-refractivity contribution in [1.82, 2.24) is 10.2 Å². The van der Waals surface area contributed by atoms with E-state index in [1.807, 2.05) is 37.3 Å². The molecule has 5 heteroatoms. The number of nitrogens with zero attached hydrogens (tertiary/aromatic N) is 2. The van der Waals surface area contributed by atoms with E-state index in [9.17, 15) is 4.39 Å². The normalized spacial score (nSPS) is 12.3. The van der Waals surface area contributed by atoms with Gasteiger partial charge in [-0.3, -0.25) is 0 Å². The summed E-state index contributed by atoms with van der Waals surface area (Å²) in [6.07, 6.45) is 0. The van der Waals surface area contributed by atoms with Crippen molar-refractivity contribution in [2.75, 3.05) is 0 Å². The molecule has 0 fully saturated rings. The number of hydrogen-bond acceptors (Lipinski definition) is 3. The van der Waals surface area contributed by atoms with Crippen molar-refractivity contribution < 1.29 is 8.81 Å². The highest BCUT2D eigenvalue weighted by Gasteiger charge is 2.20. The first-order chi connectivity index (χ1) is 10.1. The van der Waals surface area contributed by atoms with Crippen LogP contribution in [0.5, 0.6) is 0 Å². The van der Waals surface area contributed by atoms with Gasteiger partial charge < -0.3 is 4.42 Å². The summed E-state index contributed by atoms with van der Waals surface area (Å²) in [5, 5.41) is 7.24. The average molecular weight is 303 g/mol. The van der Waals surface area contributed by atoms with Crippen LogP contribution < -0.4 is 0 Å². The fraction of sp³-hybridized carbons (Fsp3) is 0.125. The van der Waals surface area contributed by atoms with Gasteiger partial charge in [-0.2, -0.15) is 0 Å². The number of aryl methyl sites for hydroxylation is 1. The number of alkyl halides is 1. The van der Waals surface area contributed by atoms with Gasteiger partial charge in [-0.15, -0.1) is 21.8 Å². The molecule has 3 nitrogen and oxygen atoms in total. The molecule has 0 spiro atoms. The van der Waals surface area contributed by atoms with E-state index in [-0.39, 0.29) is 17.3 Å². The highest BCUT2D eigenvalue weighted by atomic mass is 35.5. The van der Waals surface area contributed by atoms with Crippen LogP contribution in [0.2, 0.25) is 0 Å². The zero-order valence-electron chi connectivity index (χ0n) is 11.3. The molecule has 0 saturated carbocycles. The molecule has 1 atom stereocenters. The van der Waals surface area contributed by atoms with Gasteiger partial charge in [0.1, 0.15) is 11.2 Å². The van der Waals surface area contributed by atoms with E-state index in [1.165, 1.54) is 6.07 Å². The minimum atomic E-state index is -0.555. The molecule has 1 heterocycles. The Morgan fingerprint density at radius 3 is 2.57 bits per heavy atom. The van der Waals surface area contributed by atoms with E-state index in [4.69, 9.17) is 16.0 Å². The molecule has 0 amide bonds. The first kappa shape index (κ1) is 13.8. The lowest BCUT2D eigenvalue weighted by atomic mass is 10.1. The third-order valence-electron chi connectivity index (χ3n) is 3.10. The Morgan fingerprint density at radius 1 is 1.10 bits per heavy atom. The predicted octanol–water partition coefficient (Wildman–Crippen LogP) is 4.51. The van der Waals surface area contributed by atoms with Crippen molar-refractivity contribution in [2.24, 2.45) is 0 Å². The van der Waals surface area contributed by atoms with E-state index in [1.54, 1.807) is 12.1 Å². The molecule has 1 aromatic heterocycles. The zero-order valence-corrected chi connectivity index (χ0v) is 12.0. The van der Waals surface area contributed by atoms with E-state index in [2.05, 4.69) is 10.2 Å². The molecule has 0 N–H and O–H groups in total. The molecule has 0 radical (unpaired) electrons. The molecule has 3 aromatic rings. The smallest absolute Gasteiger partial charge is 0.250 e. The molecule has 0 aliphatic heterocycles. The molecule has 0 bridgehead atoms. The van der Waals surface area contributed by atoms with Crippen LogP contribution >= 0.6 is 11.6 Å². The second kappa shape index (κ2) is 5.66. The van der Waals surface area contributed by atoms with E-state index < -0.39 is 11.2 Å². The maximum absolute atomic E-state index is 13.9. The minimum absolute atomic E-state index is 0.129. The Kier molecular flexibility index (Phi) is 3.71. The van der Waals surface area contributed by atoms with Crippen molar-refractivity contribution >= 4 is 11.6 Å². The summed E-state index contributed by atoms with van der Waals surface area (Å²) in [6.45, 7) is 1.82. The summed E-state index contributed by atoms with van der Waals surface area (Å²) in [4.78, 5) is 0. The van der Waals surface area contributed by atoms with Gasteiger partial charge in [0.25, 0.3) is 5.89 Å². The van der Waals surface area contributed by atoms with Crippen molar-refractivity contribution in [3.05, 3.63) is 71.4 Å². The Balaban J connectivity index is 1.93. The molecule has 0 aliphatic rings. The standard InChI is InChI=1S/C16H12ClFN2O/c1-10-7-8-12(13(18)9-10)15-19-20-16(21-15)14(17)11-5-3-2-4-6-11/h2-9,14H,1H3. The largest absolute Gasteiger partial charge is 0.419 e. The molecule has 3 rings (SSSR count). The Hall–Kier alpha value is -2.20. The summed E-state index contributed by atoms with van der Waals surface area (Å²) < 4.78 is 19.4. The van der Waals surface area contributed by atoms with Crippen molar-refractivity contribution in [3.8, 4) is 11.5 Å². The first-order valence-electron chi connectivity index (χ1n) is 6.44. The number of hydrogen-bond donors (Lipinski definition) is 0. The summed E-state index contributed by atoms with van der Waals surface area (Å²) in [5.74, 6) is -0.0158. The number of halogens is 2. The van der Waals surface area contributed by atoms with E-state index in [0.717, 1.165) is 11.1 Å². The van der Waals surface area contributed by atoms with E-state index >= 15 is 0 Å². The van der Waals surface area contributed by atoms with Crippen LogP contribution in [0, 0.1) is 12.7 Å². The minimum Gasteiger partial charge on any atom is -0.419 e. The fourth-order valence-electron chi connectivity index (χ4n) is 2.00. The Bertz CT molecular complexity index is 758. The van der Waals surface area contributed by atoms with Gasteiger partial charge >= 0.3 is 0 Å². The molecule has 1 unspecified atom stereocenters. The van der Waals surface area contributed by atoms with Crippen molar-refractivity contribution in [2.45, 2.75) is 12.3 Å². The lowest BCUT2D eigenvalue weighted by Gasteiger charge is -2.04. The lowest BCUT2D eigenvalue weighted by Crippen LogP contribution is -1.92. The van der Waals surface area contributed by atoms with E-state index in [0.29, 0.717) is 0 Å². The third kappa shape index (κ3) is 2.81. The molecule has 0 saturated heterocycles. The van der Waals surface area contributed by atoms with Gasteiger partial charge in [-0.05, 0) is 30.2 Å². The van der Waals surface area contributed by atoms with Crippen LogP contribution in [-0.4, -0.2) is 10.2 Å². The van der Waals surface area contributed by atoms with Crippen LogP contribution in [0.25, 0.3) is 11.5 Å². The maximum atomic E-state index is 13.9. The topological polar surface area (TPSA) is 38.9 Å². The van der Waals surface area contributed by atoms with Crippen molar-refractivity contribution in [3.63, 3.8) is 0 Å². The molecule has 0 aliphatic carbocycles. The Labute approximate surface area is 126 Å². The second-order valence-electron chi connectivity index (χ2n) is 4.70. The average Bonchev–Trinajstić information content (AvgIpc) is 2.97. The predicted molar refractivity (Wildman–Crippen MR) is 78.6 cm³/mol. The molecule has 106 valence electrons. The van der Waals surface area contributed by atoms with Gasteiger partial charge in [0.2, 0.25) is 5.89 Å². The van der Waals surface area contributed by atoms with Gasteiger partial charge in [0, 0.05) is 0 Å². The SMILES string of the molecule is Cc1ccc(-c2nnc(C(Cl)c3ccccc3)o2)c(F)c1. The highest BCUT2D eigenvalue weighted by molar-refractivity contribution is 6.22. The number of benzene rings is 2.